The van der Waals surface area contributed by atoms with E-state index in [-0.39, 0.29) is 0 Å². The van der Waals surface area contributed by atoms with Gasteiger partial charge in [0.25, 0.3) is 0 Å². The number of rotatable bonds is 2. The summed E-state index contributed by atoms with van der Waals surface area (Å²) in [5.41, 5.74) is 9.05. The zero-order chi connectivity index (χ0) is 9.26. The fraction of sp³-hybridized carbons (Fsp3) is 0.556. The molecule has 2 heterocycles. The van der Waals surface area contributed by atoms with Crippen LogP contribution in [0.3, 0.4) is 0 Å². The molecule has 3 N–H and O–H groups in total. The van der Waals surface area contributed by atoms with Crippen molar-refractivity contribution in [2.45, 2.75) is 26.4 Å². The predicted molar refractivity (Wildman–Crippen MR) is 50.1 cm³/mol. The molecule has 0 saturated heterocycles. The number of nitrogens with one attached hydrogen (secondary N) is 1. The maximum atomic E-state index is 5.52. The first-order valence-corrected chi connectivity index (χ1v) is 4.57. The molecule has 2 rings (SSSR count). The third-order valence-corrected chi connectivity index (χ3v) is 2.27. The average molecular weight is 178 g/mol. The van der Waals surface area contributed by atoms with Crippen molar-refractivity contribution in [1.82, 2.24) is 15.3 Å². The lowest BCUT2D eigenvalue weighted by Crippen LogP contribution is -2.10. The summed E-state index contributed by atoms with van der Waals surface area (Å²) in [4.78, 5) is 8.79. The standard InChI is InChI=1S/C9H14N4/c1-6-12-8(2-3-10)7-4-11-5-9(7)13-6/h11H,2-5,10H2,1H3. The molecule has 0 unspecified atom stereocenters. The van der Waals surface area contributed by atoms with Gasteiger partial charge in [-0.15, -0.1) is 0 Å². The summed E-state index contributed by atoms with van der Waals surface area (Å²) < 4.78 is 0. The second kappa shape index (κ2) is 3.40. The van der Waals surface area contributed by atoms with Gasteiger partial charge >= 0.3 is 0 Å². The van der Waals surface area contributed by atoms with Crippen LogP contribution in [0.4, 0.5) is 0 Å². The zero-order valence-corrected chi connectivity index (χ0v) is 7.80. The van der Waals surface area contributed by atoms with Gasteiger partial charge in [0.1, 0.15) is 5.82 Å². The summed E-state index contributed by atoms with van der Waals surface area (Å²) in [5, 5.41) is 3.27. The Bertz CT molecular complexity index is 322. The fourth-order valence-electron chi connectivity index (χ4n) is 1.72. The van der Waals surface area contributed by atoms with E-state index in [1.807, 2.05) is 6.92 Å². The molecule has 0 aromatic carbocycles. The van der Waals surface area contributed by atoms with E-state index in [9.17, 15) is 0 Å². The van der Waals surface area contributed by atoms with E-state index in [1.54, 1.807) is 0 Å². The number of nitrogens with two attached hydrogens (primary N) is 1. The monoisotopic (exact) mass is 178 g/mol. The van der Waals surface area contributed by atoms with Gasteiger partial charge in [-0.25, -0.2) is 9.97 Å². The molecule has 1 aromatic rings. The molecule has 0 radical (unpaired) electrons. The SMILES string of the molecule is Cc1nc(CCN)c2c(n1)CNC2. The van der Waals surface area contributed by atoms with Crippen LogP contribution in [0.15, 0.2) is 0 Å². The molecule has 0 atom stereocenters. The minimum Gasteiger partial charge on any atom is -0.330 e. The third-order valence-electron chi connectivity index (χ3n) is 2.27. The molecule has 0 fully saturated rings. The van der Waals surface area contributed by atoms with Crippen LogP contribution in [-0.4, -0.2) is 16.5 Å². The van der Waals surface area contributed by atoms with Crippen molar-refractivity contribution in [2.75, 3.05) is 6.54 Å². The maximum absolute atomic E-state index is 5.52. The van der Waals surface area contributed by atoms with Crippen LogP contribution < -0.4 is 11.1 Å². The predicted octanol–water partition coefficient (Wildman–Crippen LogP) is -0.111. The van der Waals surface area contributed by atoms with Crippen molar-refractivity contribution in [3.8, 4) is 0 Å². The largest absolute Gasteiger partial charge is 0.330 e. The van der Waals surface area contributed by atoms with Gasteiger partial charge in [-0.2, -0.15) is 0 Å². The molecule has 13 heavy (non-hydrogen) atoms. The van der Waals surface area contributed by atoms with Crippen LogP contribution >= 0.6 is 0 Å². The van der Waals surface area contributed by atoms with Crippen LogP contribution in [-0.2, 0) is 19.5 Å². The molecule has 70 valence electrons. The summed E-state index contributed by atoms with van der Waals surface area (Å²) in [6.45, 7) is 4.35. The first-order chi connectivity index (χ1) is 6.31. The molecule has 1 aliphatic heterocycles. The highest BCUT2D eigenvalue weighted by molar-refractivity contribution is 5.29. The lowest BCUT2D eigenvalue weighted by atomic mass is 10.1. The molecule has 1 aliphatic rings. The van der Waals surface area contributed by atoms with Crippen molar-refractivity contribution in [2.24, 2.45) is 5.73 Å². The number of nitrogens with zero attached hydrogens (tertiary/aromatic N) is 2. The Hall–Kier alpha value is -1.00. The Balaban J connectivity index is 2.43. The lowest BCUT2D eigenvalue weighted by Gasteiger charge is -2.05. The van der Waals surface area contributed by atoms with E-state index >= 15 is 0 Å². The summed E-state index contributed by atoms with van der Waals surface area (Å²) in [7, 11) is 0. The Morgan fingerprint density at radius 2 is 2.23 bits per heavy atom. The molecule has 1 aromatic heterocycles. The molecule has 4 heteroatoms. The van der Waals surface area contributed by atoms with Gasteiger partial charge in [-0.05, 0) is 13.5 Å². The molecule has 0 aliphatic carbocycles. The van der Waals surface area contributed by atoms with Gasteiger partial charge in [0.2, 0.25) is 0 Å². The summed E-state index contributed by atoms with van der Waals surface area (Å²) in [6, 6.07) is 0. The Morgan fingerprint density at radius 3 is 3.00 bits per heavy atom. The highest BCUT2D eigenvalue weighted by atomic mass is 15.0. The summed E-state index contributed by atoms with van der Waals surface area (Å²) >= 11 is 0. The van der Waals surface area contributed by atoms with Gasteiger partial charge in [0, 0.05) is 25.1 Å². The lowest BCUT2D eigenvalue weighted by molar-refractivity contribution is 0.754. The van der Waals surface area contributed by atoms with E-state index < -0.39 is 0 Å². The third kappa shape index (κ3) is 1.55. The van der Waals surface area contributed by atoms with Gasteiger partial charge < -0.3 is 11.1 Å². The minimum absolute atomic E-state index is 0.656. The molecule has 0 spiro atoms. The fourth-order valence-corrected chi connectivity index (χ4v) is 1.72. The highest BCUT2D eigenvalue weighted by Gasteiger charge is 2.16. The van der Waals surface area contributed by atoms with Crippen LogP contribution in [0.1, 0.15) is 22.8 Å². The van der Waals surface area contributed by atoms with Crippen molar-refractivity contribution in [3.63, 3.8) is 0 Å². The van der Waals surface area contributed by atoms with E-state index in [1.165, 1.54) is 5.56 Å². The second-order valence-corrected chi connectivity index (χ2v) is 3.28. The molecule has 0 amide bonds. The topological polar surface area (TPSA) is 63.8 Å². The van der Waals surface area contributed by atoms with Crippen molar-refractivity contribution < 1.29 is 0 Å². The van der Waals surface area contributed by atoms with Crippen molar-refractivity contribution >= 4 is 0 Å². The number of hydrogen-bond acceptors (Lipinski definition) is 4. The van der Waals surface area contributed by atoms with Crippen molar-refractivity contribution in [1.29, 1.82) is 0 Å². The van der Waals surface area contributed by atoms with Crippen LogP contribution in [0.2, 0.25) is 0 Å². The Labute approximate surface area is 77.6 Å². The number of fused-ring (bicyclic) bond motifs is 1. The van der Waals surface area contributed by atoms with Crippen LogP contribution in [0.25, 0.3) is 0 Å². The first kappa shape index (κ1) is 8.59. The number of hydrogen-bond donors (Lipinski definition) is 2. The Kier molecular flexibility index (Phi) is 2.24. The number of aryl methyl sites for hydroxylation is 1. The van der Waals surface area contributed by atoms with Crippen LogP contribution in [0.5, 0.6) is 0 Å². The second-order valence-electron chi connectivity index (χ2n) is 3.28. The van der Waals surface area contributed by atoms with Crippen LogP contribution in [0, 0.1) is 6.92 Å². The summed E-state index contributed by atoms with van der Waals surface area (Å²) in [5.74, 6) is 0.853. The molecular formula is C9H14N4. The van der Waals surface area contributed by atoms with Gasteiger partial charge in [0.05, 0.1) is 11.4 Å². The highest BCUT2D eigenvalue weighted by Crippen LogP contribution is 2.16. The Morgan fingerprint density at radius 1 is 1.38 bits per heavy atom. The zero-order valence-electron chi connectivity index (χ0n) is 7.80. The molecule has 0 saturated carbocycles. The van der Waals surface area contributed by atoms with E-state index in [2.05, 4.69) is 15.3 Å². The van der Waals surface area contributed by atoms with Crippen molar-refractivity contribution in [3.05, 3.63) is 22.8 Å². The first-order valence-electron chi connectivity index (χ1n) is 4.57. The van der Waals surface area contributed by atoms with Gasteiger partial charge in [0.15, 0.2) is 0 Å². The van der Waals surface area contributed by atoms with E-state index in [0.29, 0.717) is 6.54 Å². The minimum atomic E-state index is 0.656. The van der Waals surface area contributed by atoms with E-state index in [4.69, 9.17) is 5.73 Å². The quantitative estimate of drug-likeness (QED) is 0.663. The maximum Gasteiger partial charge on any atom is 0.125 e. The van der Waals surface area contributed by atoms with Gasteiger partial charge in [-0.3, -0.25) is 0 Å². The molecule has 4 nitrogen and oxygen atoms in total. The van der Waals surface area contributed by atoms with Gasteiger partial charge in [-0.1, -0.05) is 0 Å². The number of aromatic nitrogens is 2. The molecular weight excluding hydrogens is 164 g/mol. The average Bonchev–Trinajstić information content (AvgIpc) is 2.52. The molecule has 0 bridgehead atoms. The summed E-state index contributed by atoms with van der Waals surface area (Å²) in [6.07, 6.45) is 0.855. The normalized spacial score (nSPS) is 14.6. The van der Waals surface area contributed by atoms with E-state index in [0.717, 1.165) is 36.7 Å². The smallest absolute Gasteiger partial charge is 0.125 e.